The van der Waals surface area contributed by atoms with Gasteiger partial charge in [-0.05, 0) is 55.0 Å². The molecule has 0 unspecified atom stereocenters. The molecule has 0 radical (unpaired) electrons. The molecule has 0 bridgehead atoms. The second-order valence-corrected chi connectivity index (χ2v) is 7.70. The number of aromatic nitrogens is 5. The van der Waals surface area contributed by atoms with E-state index in [-0.39, 0.29) is 6.04 Å². The zero-order valence-corrected chi connectivity index (χ0v) is 16.2. The van der Waals surface area contributed by atoms with Crippen LogP contribution in [0.5, 0.6) is 0 Å². The molecule has 6 heteroatoms. The van der Waals surface area contributed by atoms with Crippen LogP contribution < -0.4 is 5.73 Å². The minimum Gasteiger partial charge on any atom is -0.335 e. The Morgan fingerprint density at radius 3 is 2.89 bits per heavy atom. The predicted octanol–water partition coefficient (Wildman–Crippen LogP) is 4.06. The Bertz CT molecular complexity index is 1150. The van der Waals surface area contributed by atoms with Crippen molar-refractivity contribution in [3.8, 4) is 22.6 Å². The third kappa shape index (κ3) is 2.81. The fraction of sp³-hybridized carbons (Fsp3) is 0.318. The van der Waals surface area contributed by atoms with E-state index in [2.05, 4.69) is 38.2 Å². The van der Waals surface area contributed by atoms with Crippen LogP contribution in [0, 0.1) is 6.92 Å². The summed E-state index contributed by atoms with van der Waals surface area (Å²) in [6, 6.07) is 10.9. The zero-order chi connectivity index (χ0) is 19.3. The van der Waals surface area contributed by atoms with E-state index in [9.17, 15) is 0 Å². The Kier molecular flexibility index (Phi) is 4.02. The van der Waals surface area contributed by atoms with Crippen LogP contribution in [0.4, 0.5) is 0 Å². The summed E-state index contributed by atoms with van der Waals surface area (Å²) in [5.41, 5.74) is 14.9. The lowest BCUT2D eigenvalue weighted by Gasteiger charge is -2.14. The molecule has 6 nitrogen and oxygen atoms in total. The van der Waals surface area contributed by atoms with Crippen molar-refractivity contribution in [1.82, 2.24) is 24.7 Å². The van der Waals surface area contributed by atoms with E-state index in [1.807, 2.05) is 37.0 Å². The molecule has 3 N–H and O–H groups in total. The first-order chi connectivity index (χ1) is 13.6. The first-order valence-electron chi connectivity index (χ1n) is 9.84. The molecule has 1 aliphatic rings. The lowest BCUT2D eigenvalue weighted by Crippen LogP contribution is -2.10. The highest BCUT2D eigenvalue weighted by molar-refractivity contribution is 5.91. The summed E-state index contributed by atoms with van der Waals surface area (Å²) in [7, 11) is 1.94. The SMILES string of the molecule is Cc1cc(-c2nc3nccc(-c4ccc5c(c4)CCCC[C@H]5N)c3[nH]2)nn1C. The summed E-state index contributed by atoms with van der Waals surface area (Å²) in [6.07, 6.45) is 6.37. The molecule has 0 fully saturated rings. The third-order valence-electron chi connectivity index (χ3n) is 5.81. The fourth-order valence-corrected chi connectivity index (χ4v) is 4.14. The Morgan fingerprint density at radius 1 is 1.18 bits per heavy atom. The molecule has 1 aliphatic carbocycles. The van der Waals surface area contributed by atoms with E-state index in [4.69, 9.17) is 5.73 Å². The van der Waals surface area contributed by atoms with Gasteiger partial charge in [0.1, 0.15) is 5.69 Å². The number of hydrogen-bond donors (Lipinski definition) is 2. The number of H-pyrrole nitrogens is 1. The number of imidazole rings is 1. The first-order valence-corrected chi connectivity index (χ1v) is 9.84. The Morgan fingerprint density at radius 2 is 2.07 bits per heavy atom. The molecule has 3 aromatic heterocycles. The highest BCUT2D eigenvalue weighted by Gasteiger charge is 2.18. The summed E-state index contributed by atoms with van der Waals surface area (Å²) in [4.78, 5) is 12.6. The molecule has 1 aromatic carbocycles. The van der Waals surface area contributed by atoms with Crippen LogP contribution in [0.15, 0.2) is 36.5 Å². The maximum atomic E-state index is 6.37. The van der Waals surface area contributed by atoms with Gasteiger partial charge in [0.25, 0.3) is 0 Å². The Hall–Kier alpha value is -2.99. The molecule has 0 saturated carbocycles. The van der Waals surface area contributed by atoms with Crippen molar-refractivity contribution in [3.63, 3.8) is 0 Å². The summed E-state index contributed by atoms with van der Waals surface area (Å²) < 4.78 is 1.85. The van der Waals surface area contributed by atoms with Gasteiger partial charge >= 0.3 is 0 Å². The van der Waals surface area contributed by atoms with Crippen molar-refractivity contribution in [1.29, 1.82) is 0 Å². The Labute approximate surface area is 163 Å². The number of aromatic amines is 1. The van der Waals surface area contributed by atoms with Gasteiger partial charge < -0.3 is 10.7 Å². The fourth-order valence-electron chi connectivity index (χ4n) is 4.14. The maximum Gasteiger partial charge on any atom is 0.178 e. The number of aryl methyl sites for hydroxylation is 3. The van der Waals surface area contributed by atoms with Gasteiger partial charge in [-0.1, -0.05) is 24.6 Å². The number of hydrogen-bond acceptors (Lipinski definition) is 4. The van der Waals surface area contributed by atoms with Crippen LogP contribution >= 0.6 is 0 Å². The monoisotopic (exact) mass is 372 g/mol. The molecule has 0 saturated heterocycles. The number of nitrogens with two attached hydrogens (primary N) is 1. The van der Waals surface area contributed by atoms with Crippen LogP contribution in [0.25, 0.3) is 33.8 Å². The summed E-state index contributed by atoms with van der Waals surface area (Å²) in [5.74, 6) is 0.746. The van der Waals surface area contributed by atoms with Gasteiger partial charge in [-0.3, -0.25) is 4.68 Å². The van der Waals surface area contributed by atoms with Gasteiger partial charge in [0, 0.05) is 30.5 Å². The molecule has 3 heterocycles. The minimum absolute atomic E-state index is 0.148. The summed E-state index contributed by atoms with van der Waals surface area (Å²) >= 11 is 0. The van der Waals surface area contributed by atoms with Crippen molar-refractivity contribution >= 4 is 11.2 Å². The van der Waals surface area contributed by atoms with Crippen LogP contribution in [0.3, 0.4) is 0 Å². The van der Waals surface area contributed by atoms with E-state index in [0.717, 1.165) is 41.1 Å². The third-order valence-corrected chi connectivity index (χ3v) is 5.81. The van der Waals surface area contributed by atoms with E-state index >= 15 is 0 Å². The van der Waals surface area contributed by atoms with Gasteiger partial charge in [-0.15, -0.1) is 0 Å². The van der Waals surface area contributed by atoms with Crippen LogP contribution in [0.2, 0.25) is 0 Å². The van der Waals surface area contributed by atoms with E-state index in [0.29, 0.717) is 5.65 Å². The molecule has 142 valence electrons. The minimum atomic E-state index is 0.148. The lowest BCUT2D eigenvalue weighted by atomic mass is 9.94. The summed E-state index contributed by atoms with van der Waals surface area (Å²) in [5, 5.41) is 4.54. The largest absolute Gasteiger partial charge is 0.335 e. The van der Waals surface area contributed by atoms with Gasteiger partial charge in [-0.25, -0.2) is 9.97 Å². The van der Waals surface area contributed by atoms with Crippen molar-refractivity contribution in [2.24, 2.45) is 12.8 Å². The molecule has 0 spiro atoms. The smallest absolute Gasteiger partial charge is 0.178 e. The molecular weight excluding hydrogens is 348 g/mol. The average molecular weight is 372 g/mol. The maximum absolute atomic E-state index is 6.37. The molecule has 0 amide bonds. The molecule has 0 aliphatic heterocycles. The second kappa shape index (κ2) is 6.56. The van der Waals surface area contributed by atoms with E-state index in [1.54, 1.807) is 0 Å². The van der Waals surface area contributed by atoms with E-state index < -0.39 is 0 Å². The number of pyridine rings is 1. The van der Waals surface area contributed by atoms with Gasteiger partial charge in [0.15, 0.2) is 11.5 Å². The molecule has 4 aromatic rings. The second-order valence-electron chi connectivity index (χ2n) is 7.70. The molecular formula is C22H24N6. The number of nitrogens with zero attached hydrogens (tertiary/aromatic N) is 4. The standard InChI is InChI=1S/C22H24N6/c1-13-11-19(27-28(13)2)21-25-20-17(9-10-24-22(20)26-21)15-7-8-16-14(12-15)5-3-4-6-18(16)23/h7-12,18H,3-6,23H2,1-2H3,(H,24,25,26)/t18-/m1/s1. The quantitative estimate of drug-likeness (QED) is 0.520. The van der Waals surface area contributed by atoms with Crippen molar-refractivity contribution < 1.29 is 0 Å². The van der Waals surface area contributed by atoms with Gasteiger partial charge in [0.05, 0.1) is 5.52 Å². The van der Waals surface area contributed by atoms with Crippen molar-refractivity contribution in [2.75, 3.05) is 0 Å². The highest BCUT2D eigenvalue weighted by atomic mass is 15.3. The lowest BCUT2D eigenvalue weighted by molar-refractivity contribution is 0.615. The van der Waals surface area contributed by atoms with Crippen molar-refractivity contribution in [2.45, 2.75) is 38.6 Å². The normalized spacial score (nSPS) is 16.9. The number of rotatable bonds is 2. The van der Waals surface area contributed by atoms with Crippen LogP contribution in [-0.2, 0) is 13.5 Å². The molecule has 5 rings (SSSR count). The molecule has 1 atom stereocenters. The van der Waals surface area contributed by atoms with Crippen molar-refractivity contribution in [3.05, 3.63) is 53.3 Å². The number of fused-ring (bicyclic) bond motifs is 2. The molecule has 28 heavy (non-hydrogen) atoms. The Balaban J connectivity index is 1.62. The predicted molar refractivity (Wildman–Crippen MR) is 111 cm³/mol. The topological polar surface area (TPSA) is 85.4 Å². The first kappa shape index (κ1) is 17.1. The van der Waals surface area contributed by atoms with Gasteiger partial charge in [0.2, 0.25) is 0 Å². The highest BCUT2D eigenvalue weighted by Crippen LogP contribution is 2.33. The number of benzene rings is 1. The van der Waals surface area contributed by atoms with Crippen LogP contribution in [0.1, 0.15) is 42.1 Å². The van der Waals surface area contributed by atoms with Gasteiger partial charge in [-0.2, -0.15) is 5.10 Å². The van der Waals surface area contributed by atoms with Crippen LogP contribution in [-0.4, -0.2) is 24.7 Å². The zero-order valence-electron chi connectivity index (χ0n) is 16.2. The summed E-state index contributed by atoms with van der Waals surface area (Å²) in [6.45, 7) is 2.03. The van der Waals surface area contributed by atoms with E-state index in [1.165, 1.54) is 29.5 Å². The number of nitrogens with one attached hydrogen (secondary N) is 1. The average Bonchev–Trinajstić information content (AvgIpc) is 3.22.